The van der Waals surface area contributed by atoms with E-state index in [1.807, 2.05) is 30.3 Å². The number of benzene rings is 2. The molecule has 11 nitrogen and oxygen atoms in total. The highest BCUT2D eigenvalue weighted by molar-refractivity contribution is 5.92. The number of nitrogens with one attached hydrogen (secondary N) is 4. The molecule has 4 N–H and O–H groups in total. The molecule has 0 fully saturated rings. The van der Waals surface area contributed by atoms with Crippen LogP contribution in [0.1, 0.15) is 33.1 Å². The van der Waals surface area contributed by atoms with E-state index in [9.17, 15) is 14.4 Å². The number of nitriles is 1. The van der Waals surface area contributed by atoms with Gasteiger partial charge in [-0.2, -0.15) is 10.4 Å². The number of amides is 2. The lowest BCUT2D eigenvalue weighted by Crippen LogP contribution is -2.28. The average Bonchev–Trinajstić information content (AvgIpc) is 3.34. The van der Waals surface area contributed by atoms with Crippen molar-refractivity contribution >= 4 is 22.7 Å². The molecule has 0 aliphatic rings. The van der Waals surface area contributed by atoms with E-state index < -0.39 is 11.5 Å². The number of rotatable bonds is 7. The van der Waals surface area contributed by atoms with Crippen LogP contribution in [0.4, 0.5) is 0 Å². The minimum absolute atomic E-state index is 0.0774. The zero-order valence-corrected chi connectivity index (χ0v) is 17.3. The summed E-state index contributed by atoms with van der Waals surface area (Å²) in [5, 5.41) is 21.1. The zero-order valence-electron chi connectivity index (χ0n) is 17.3. The van der Waals surface area contributed by atoms with Crippen molar-refractivity contribution in [3.8, 4) is 6.07 Å². The van der Waals surface area contributed by atoms with E-state index in [0.29, 0.717) is 23.4 Å². The Morgan fingerprint density at radius 1 is 1.06 bits per heavy atom. The van der Waals surface area contributed by atoms with Crippen molar-refractivity contribution in [2.75, 3.05) is 0 Å². The Morgan fingerprint density at radius 3 is 2.58 bits per heavy atom. The third kappa shape index (κ3) is 5.26. The molecule has 0 saturated heterocycles. The number of aromatic amines is 2. The number of fused-ring (bicyclic) bond motifs is 1. The van der Waals surface area contributed by atoms with Gasteiger partial charge in [0.2, 0.25) is 5.91 Å². The summed E-state index contributed by atoms with van der Waals surface area (Å²) in [6, 6.07) is 13.8. The van der Waals surface area contributed by atoms with Gasteiger partial charge in [0.15, 0.2) is 11.6 Å². The van der Waals surface area contributed by atoms with Crippen LogP contribution in [0.2, 0.25) is 0 Å². The van der Waals surface area contributed by atoms with Crippen LogP contribution >= 0.6 is 0 Å². The van der Waals surface area contributed by atoms with Crippen molar-refractivity contribution < 1.29 is 9.59 Å². The first kappa shape index (κ1) is 21.4. The van der Waals surface area contributed by atoms with Crippen LogP contribution in [-0.4, -0.2) is 37.0 Å². The maximum Gasteiger partial charge on any atom is 0.287 e. The molecule has 2 heterocycles. The number of aromatic nitrogens is 5. The van der Waals surface area contributed by atoms with Gasteiger partial charge in [0.05, 0.1) is 29.0 Å². The average molecular weight is 442 g/mol. The number of carbonyl (C=O) groups excluding carboxylic acids is 2. The molecule has 0 saturated carbocycles. The van der Waals surface area contributed by atoms with Gasteiger partial charge in [-0.05, 0) is 29.3 Å². The zero-order chi connectivity index (χ0) is 23.2. The first-order valence-electron chi connectivity index (χ1n) is 9.93. The molecular weight excluding hydrogens is 424 g/mol. The standard InChI is InChI=1S/C22H18N8O3/c23-9-13-4-5-17-16(7-13)21(32)29-20(28-17)22(33)25-11-15-3-1-2-14(6-15)10-24-19(31)8-18-26-12-27-30-18/h1-7,12H,8,10-11H2,(H,24,31)(H,25,33)(H,26,27,30)(H,28,29,32). The molecule has 164 valence electrons. The van der Waals surface area contributed by atoms with Crippen molar-refractivity contribution in [3.63, 3.8) is 0 Å². The van der Waals surface area contributed by atoms with Crippen molar-refractivity contribution in [1.82, 2.24) is 35.8 Å². The van der Waals surface area contributed by atoms with Gasteiger partial charge in [-0.25, -0.2) is 9.97 Å². The van der Waals surface area contributed by atoms with E-state index in [-0.39, 0.29) is 30.1 Å². The summed E-state index contributed by atoms with van der Waals surface area (Å²) < 4.78 is 0. The van der Waals surface area contributed by atoms with E-state index in [1.54, 1.807) is 0 Å². The maximum absolute atomic E-state index is 12.5. The molecule has 33 heavy (non-hydrogen) atoms. The molecule has 0 unspecified atom stereocenters. The quantitative estimate of drug-likeness (QED) is 0.326. The van der Waals surface area contributed by atoms with E-state index in [0.717, 1.165) is 11.1 Å². The second-order valence-electron chi connectivity index (χ2n) is 7.13. The third-order valence-electron chi connectivity index (χ3n) is 4.77. The lowest BCUT2D eigenvalue weighted by molar-refractivity contribution is -0.120. The molecule has 0 radical (unpaired) electrons. The summed E-state index contributed by atoms with van der Waals surface area (Å²) in [5.41, 5.74) is 1.83. The predicted octanol–water partition coefficient (Wildman–Crippen LogP) is 0.702. The van der Waals surface area contributed by atoms with Gasteiger partial charge in [-0.1, -0.05) is 24.3 Å². The third-order valence-corrected chi connectivity index (χ3v) is 4.77. The molecule has 4 rings (SSSR count). The smallest absolute Gasteiger partial charge is 0.287 e. The molecular formula is C22H18N8O3. The molecule has 0 spiro atoms. The molecule has 0 aliphatic carbocycles. The van der Waals surface area contributed by atoms with Gasteiger partial charge < -0.3 is 15.6 Å². The number of hydrogen-bond donors (Lipinski definition) is 4. The van der Waals surface area contributed by atoms with E-state index in [1.165, 1.54) is 24.5 Å². The summed E-state index contributed by atoms with van der Waals surface area (Å²) in [6.07, 6.45) is 1.49. The lowest BCUT2D eigenvalue weighted by Gasteiger charge is -2.08. The van der Waals surface area contributed by atoms with Crippen molar-refractivity contribution in [2.24, 2.45) is 0 Å². The Kier molecular flexibility index (Phi) is 6.17. The number of H-pyrrole nitrogens is 2. The first-order valence-corrected chi connectivity index (χ1v) is 9.93. The monoisotopic (exact) mass is 442 g/mol. The Morgan fingerprint density at radius 2 is 1.85 bits per heavy atom. The van der Waals surface area contributed by atoms with Crippen molar-refractivity contribution in [1.29, 1.82) is 5.26 Å². The van der Waals surface area contributed by atoms with Crippen LogP contribution in [0.15, 0.2) is 53.6 Å². The SMILES string of the molecule is N#Cc1ccc2nc(C(=O)NCc3cccc(CNC(=O)Cc4nc[nH]n4)c3)[nH]c(=O)c2c1. The maximum atomic E-state index is 12.5. The van der Waals surface area contributed by atoms with Crippen LogP contribution in [0.3, 0.4) is 0 Å². The first-order chi connectivity index (χ1) is 16.0. The topological polar surface area (TPSA) is 169 Å². The van der Waals surface area contributed by atoms with Gasteiger partial charge in [-0.3, -0.25) is 19.5 Å². The number of nitrogens with zero attached hydrogens (tertiary/aromatic N) is 4. The van der Waals surface area contributed by atoms with Gasteiger partial charge in [0, 0.05) is 13.1 Å². The summed E-state index contributed by atoms with van der Waals surface area (Å²) in [4.78, 5) is 47.3. The Balaban J connectivity index is 1.37. The van der Waals surface area contributed by atoms with Crippen LogP contribution in [0.25, 0.3) is 10.9 Å². The Labute approximate surface area is 186 Å². The van der Waals surface area contributed by atoms with Crippen molar-refractivity contribution in [2.45, 2.75) is 19.5 Å². The molecule has 4 aromatic rings. The van der Waals surface area contributed by atoms with Crippen molar-refractivity contribution in [3.05, 3.63) is 87.5 Å². The fourth-order valence-electron chi connectivity index (χ4n) is 3.16. The molecule has 0 atom stereocenters. The van der Waals surface area contributed by atoms with Gasteiger partial charge >= 0.3 is 0 Å². The second kappa shape index (κ2) is 9.52. The highest BCUT2D eigenvalue weighted by Gasteiger charge is 2.12. The summed E-state index contributed by atoms with van der Waals surface area (Å²) >= 11 is 0. The van der Waals surface area contributed by atoms with Gasteiger partial charge in [0.25, 0.3) is 11.5 Å². The molecule has 0 aliphatic heterocycles. The van der Waals surface area contributed by atoms with E-state index >= 15 is 0 Å². The lowest BCUT2D eigenvalue weighted by atomic mass is 10.1. The highest BCUT2D eigenvalue weighted by atomic mass is 16.2. The normalized spacial score (nSPS) is 10.5. The van der Waals surface area contributed by atoms with Crippen LogP contribution < -0.4 is 16.2 Å². The molecule has 11 heteroatoms. The minimum atomic E-state index is -0.538. The second-order valence-corrected chi connectivity index (χ2v) is 7.13. The van der Waals surface area contributed by atoms with E-state index in [2.05, 4.69) is 35.8 Å². The summed E-state index contributed by atoms with van der Waals surface area (Å²) in [6.45, 7) is 0.516. The van der Waals surface area contributed by atoms with Crippen LogP contribution in [0.5, 0.6) is 0 Å². The highest BCUT2D eigenvalue weighted by Crippen LogP contribution is 2.10. The van der Waals surface area contributed by atoms with Gasteiger partial charge in [-0.15, -0.1) is 0 Å². The summed E-state index contributed by atoms with van der Waals surface area (Å²) in [7, 11) is 0. The molecule has 2 aromatic carbocycles. The molecule has 0 bridgehead atoms. The Bertz CT molecular complexity index is 1420. The predicted molar refractivity (Wildman–Crippen MR) is 117 cm³/mol. The summed E-state index contributed by atoms with van der Waals surface area (Å²) in [5.74, 6) is -0.451. The fourth-order valence-corrected chi connectivity index (χ4v) is 3.16. The number of hydrogen-bond acceptors (Lipinski definition) is 7. The van der Waals surface area contributed by atoms with Gasteiger partial charge in [0.1, 0.15) is 6.33 Å². The molecule has 2 amide bonds. The largest absolute Gasteiger partial charge is 0.352 e. The van der Waals surface area contributed by atoms with E-state index in [4.69, 9.17) is 5.26 Å². The fraction of sp³-hybridized carbons (Fsp3) is 0.136. The van der Waals surface area contributed by atoms with Crippen LogP contribution in [-0.2, 0) is 24.3 Å². The number of carbonyl (C=O) groups is 2. The van der Waals surface area contributed by atoms with Crippen LogP contribution in [0, 0.1) is 11.3 Å². The minimum Gasteiger partial charge on any atom is -0.352 e. The molecule has 2 aromatic heterocycles. The Hall–Kier alpha value is -4.85.